The minimum atomic E-state index is -4.47. The molecule has 1 aromatic carbocycles. The summed E-state index contributed by atoms with van der Waals surface area (Å²) in [4.78, 5) is 13.8. The largest absolute Gasteiger partial charge is 0.416 e. The first-order valence-corrected chi connectivity index (χ1v) is 9.64. The number of carbonyl (C=O) groups is 1. The fourth-order valence-electron chi connectivity index (χ4n) is 2.90. The monoisotopic (exact) mass is 378 g/mol. The number of nitrogens with zero attached hydrogens (tertiary/aromatic N) is 1. The van der Waals surface area contributed by atoms with Gasteiger partial charge in [0.25, 0.3) is 0 Å². The normalized spacial score (nSPS) is 21.0. The van der Waals surface area contributed by atoms with Gasteiger partial charge in [0.15, 0.2) is 9.84 Å². The van der Waals surface area contributed by atoms with Crippen molar-refractivity contribution in [2.75, 3.05) is 23.9 Å². The average Bonchev–Trinajstić information content (AvgIpc) is 2.86. The molecule has 1 aliphatic rings. The van der Waals surface area contributed by atoms with Crippen LogP contribution in [0.25, 0.3) is 0 Å². The number of hydrogen-bond donors (Lipinski definition) is 1. The Labute approximate surface area is 145 Å². The van der Waals surface area contributed by atoms with Crippen LogP contribution in [0.5, 0.6) is 0 Å². The molecule has 0 radical (unpaired) electrons. The summed E-state index contributed by atoms with van der Waals surface area (Å²) in [6, 6.07) is 2.62. The molecule has 0 aromatic heterocycles. The van der Waals surface area contributed by atoms with Crippen LogP contribution in [0.3, 0.4) is 0 Å². The van der Waals surface area contributed by atoms with E-state index >= 15 is 0 Å². The van der Waals surface area contributed by atoms with E-state index in [1.165, 1.54) is 37.9 Å². The fourth-order valence-corrected chi connectivity index (χ4v) is 4.67. The lowest BCUT2D eigenvalue weighted by Crippen LogP contribution is -2.45. The molecular formula is C16H21F3N2O3S. The molecule has 1 heterocycles. The molecule has 0 bridgehead atoms. The van der Waals surface area contributed by atoms with Gasteiger partial charge in [-0.3, -0.25) is 4.79 Å². The molecule has 25 heavy (non-hydrogen) atoms. The SMILES string of the molecule is Cc1ccc(NC(C)C(=O)N(C)C2CCS(=O)(=O)C2)cc1C(F)(F)F. The van der Waals surface area contributed by atoms with Crippen LogP contribution >= 0.6 is 0 Å². The standard InChI is InChI=1S/C16H21F3N2O3S/c1-10-4-5-12(8-14(10)16(17,18)19)20-11(2)15(22)21(3)13-6-7-25(23,24)9-13/h4-5,8,11,13,20H,6-7,9H2,1-3H3. The second-order valence-corrected chi connectivity index (χ2v) is 8.63. The summed E-state index contributed by atoms with van der Waals surface area (Å²) < 4.78 is 62.0. The van der Waals surface area contributed by atoms with Gasteiger partial charge >= 0.3 is 6.18 Å². The first kappa shape index (κ1) is 19.6. The Morgan fingerprint density at radius 3 is 2.52 bits per heavy atom. The third-order valence-electron chi connectivity index (χ3n) is 4.40. The maximum atomic E-state index is 13.0. The number of halogens is 3. The molecule has 1 amide bonds. The van der Waals surface area contributed by atoms with Crippen LogP contribution in [-0.2, 0) is 20.8 Å². The van der Waals surface area contributed by atoms with E-state index in [2.05, 4.69) is 5.32 Å². The van der Waals surface area contributed by atoms with E-state index in [9.17, 15) is 26.4 Å². The molecule has 1 fully saturated rings. The third kappa shape index (κ3) is 4.65. The highest BCUT2D eigenvalue weighted by Gasteiger charge is 2.35. The van der Waals surface area contributed by atoms with Gasteiger partial charge in [-0.1, -0.05) is 6.07 Å². The predicted molar refractivity (Wildman–Crippen MR) is 89.1 cm³/mol. The van der Waals surface area contributed by atoms with E-state index in [0.717, 1.165) is 6.07 Å². The number of amides is 1. The van der Waals surface area contributed by atoms with Gasteiger partial charge in [-0.2, -0.15) is 13.2 Å². The number of hydrogen-bond acceptors (Lipinski definition) is 4. The summed E-state index contributed by atoms with van der Waals surface area (Å²) in [5.74, 6) is -0.398. The Hall–Kier alpha value is -1.77. The number of nitrogens with one attached hydrogen (secondary N) is 1. The number of benzene rings is 1. The summed E-state index contributed by atoms with van der Waals surface area (Å²) in [5.41, 5.74) is -0.469. The highest BCUT2D eigenvalue weighted by atomic mass is 32.2. The van der Waals surface area contributed by atoms with Crippen molar-refractivity contribution < 1.29 is 26.4 Å². The van der Waals surface area contributed by atoms with Crippen molar-refractivity contribution in [3.8, 4) is 0 Å². The van der Waals surface area contributed by atoms with E-state index in [-0.39, 0.29) is 28.7 Å². The summed E-state index contributed by atoms with van der Waals surface area (Å²) in [5, 5.41) is 2.77. The quantitative estimate of drug-likeness (QED) is 0.874. The van der Waals surface area contributed by atoms with Gasteiger partial charge < -0.3 is 10.2 Å². The van der Waals surface area contributed by atoms with Crippen molar-refractivity contribution in [3.05, 3.63) is 29.3 Å². The van der Waals surface area contributed by atoms with Crippen molar-refractivity contribution in [3.63, 3.8) is 0 Å². The molecule has 1 N–H and O–H groups in total. The fraction of sp³-hybridized carbons (Fsp3) is 0.562. The van der Waals surface area contributed by atoms with Gasteiger partial charge in [-0.05, 0) is 38.0 Å². The minimum Gasteiger partial charge on any atom is -0.374 e. The number of aryl methyl sites for hydroxylation is 1. The van der Waals surface area contributed by atoms with Crippen molar-refractivity contribution >= 4 is 21.4 Å². The molecular weight excluding hydrogens is 357 g/mol. The summed E-state index contributed by atoms with van der Waals surface area (Å²) in [6.07, 6.45) is -4.09. The minimum absolute atomic E-state index is 0.0456. The number of carbonyl (C=O) groups excluding carboxylic acids is 1. The number of alkyl halides is 3. The van der Waals surface area contributed by atoms with Gasteiger partial charge in [0.1, 0.15) is 6.04 Å². The first-order valence-electron chi connectivity index (χ1n) is 7.82. The molecule has 1 saturated heterocycles. The highest BCUT2D eigenvalue weighted by molar-refractivity contribution is 7.91. The molecule has 5 nitrogen and oxygen atoms in total. The number of sulfone groups is 1. The average molecular weight is 378 g/mol. The molecule has 0 spiro atoms. The molecule has 140 valence electrons. The number of rotatable bonds is 4. The van der Waals surface area contributed by atoms with Gasteiger partial charge in [0.05, 0.1) is 17.1 Å². The van der Waals surface area contributed by atoms with E-state index < -0.39 is 33.7 Å². The molecule has 1 aromatic rings. The van der Waals surface area contributed by atoms with E-state index in [4.69, 9.17) is 0 Å². The zero-order valence-corrected chi connectivity index (χ0v) is 15.0. The molecule has 2 atom stereocenters. The van der Waals surface area contributed by atoms with Gasteiger partial charge in [-0.25, -0.2) is 8.42 Å². The van der Waals surface area contributed by atoms with Crippen LogP contribution in [0.1, 0.15) is 24.5 Å². The van der Waals surface area contributed by atoms with Crippen LogP contribution < -0.4 is 5.32 Å². The van der Waals surface area contributed by atoms with Gasteiger partial charge in [0.2, 0.25) is 5.91 Å². The predicted octanol–water partition coefficient (Wildman–Crippen LogP) is 2.46. The Bertz CT molecular complexity index is 762. The Kier molecular flexibility index (Phi) is 5.36. The van der Waals surface area contributed by atoms with Crippen molar-refractivity contribution in [2.45, 2.75) is 38.5 Å². The molecule has 2 rings (SSSR count). The lowest BCUT2D eigenvalue weighted by Gasteiger charge is -2.27. The summed E-state index contributed by atoms with van der Waals surface area (Å²) in [7, 11) is -1.61. The second kappa shape index (κ2) is 6.86. The Balaban J connectivity index is 2.09. The van der Waals surface area contributed by atoms with Crippen molar-refractivity contribution in [1.29, 1.82) is 0 Å². The molecule has 1 aliphatic heterocycles. The number of anilines is 1. The van der Waals surface area contributed by atoms with Crippen molar-refractivity contribution in [2.24, 2.45) is 0 Å². The van der Waals surface area contributed by atoms with Crippen LogP contribution in [0, 0.1) is 6.92 Å². The van der Waals surface area contributed by atoms with E-state index in [1.54, 1.807) is 0 Å². The lowest BCUT2D eigenvalue weighted by molar-refractivity contribution is -0.138. The van der Waals surface area contributed by atoms with Crippen LogP contribution in [0.4, 0.5) is 18.9 Å². The maximum absolute atomic E-state index is 13.0. The zero-order chi connectivity index (χ0) is 19.0. The second-order valence-electron chi connectivity index (χ2n) is 6.40. The van der Waals surface area contributed by atoms with Gasteiger partial charge in [0, 0.05) is 18.8 Å². The van der Waals surface area contributed by atoms with Crippen LogP contribution in [0.15, 0.2) is 18.2 Å². The summed E-state index contributed by atoms with van der Waals surface area (Å²) in [6.45, 7) is 2.91. The topological polar surface area (TPSA) is 66.5 Å². The van der Waals surface area contributed by atoms with Crippen molar-refractivity contribution in [1.82, 2.24) is 4.90 Å². The smallest absolute Gasteiger partial charge is 0.374 e. The molecule has 9 heteroatoms. The number of likely N-dealkylation sites (N-methyl/N-ethyl adjacent to an activating group) is 1. The highest BCUT2D eigenvalue weighted by Crippen LogP contribution is 2.33. The van der Waals surface area contributed by atoms with E-state index in [1.807, 2.05) is 0 Å². The van der Waals surface area contributed by atoms with Crippen LogP contribution in [-0.4, -0.2) is 49.9 Å². The zero-order valence-electron chi connectivity index (χ0n) is 14.2. The third-order valence-corrected chi connectivity index (χ3v) is 6.15. The van der Waals surface area contributed by atoms with E-state index in [0.29, 0.717) is 6.42 Å². The lowest BCUT2D eigenvalue weighted by atomic mass is 10.1. The molecule has 2 unspecified atom stereocenters. The first-order chi connectivity index (χ1) is 11.4. The maximum Gasteiger partial charge on any atom is 0.416 e. The summed E-state index contributed by atoms with van der Waals surface area (Å²) >= 11 is 0. The molecule has 0 saturated carbocycles. The van der Waals surface area contributed by atoms with Gasteiger partial charge in [-0.15, -0.1) is 0 Å². The van der Waals surface area contributed by atoms with Crippen LogP contribution in [0.2, 0.25) is 0 Å². The Morgan fingerprint density at radius 2 is 2.00 bits per heavy atom. The molecule has 0 aliphatic carbocycles. The Morgan fingerprint density at radius 1 is 1.36 bits per heavy atom.